The summed E-state index contributed by atoms with van der Waals surface area (Å²) in [4.78, 5) is 28.9. The Kier molecular flexibility index (Phi) is 3.20. The third-order valence-electron chi connectivity index (χ3n) is 5.14. The summed E-state index contributed by atoms with van der Waals surface area (Å²) in [5.41, 5.74) is 1.70. The molecule has 4 nitrogen and oxygen atoms in total. The molecule has 0 N–H and O–H groups in total. The second-order valence-electron chi connectivity index (χ2n) is 6.45. The van der Waals surface area contributed by atoms with Crippen LogP contribution in [0.1, 0.15) is 22.3 Å². The van der Waals surface area contributed by atoms with Gasteiger partial charge < -0.3 is 9.80 Å². The van der Waals surface area contributed by atoms with Gasteiger partial charge in [0.05, 0.1) is 5.41 Å². The van der Waals surface area contributed by atoms with Gasteiger partial charge in [-0.2, -0.15) is 0 Å². The highest BCUT2D eigenvalue weighted by molar-refractivity contribution is 6.09. The van der Waals surface area contributed by atoms with E-state index in [1.165, 1.54) is 24.3 Å². The molecular weight excluding hydrogens is 307 g/mol. The van der Waals surface area contributed by atoms with Gasteiger partial charge in [-0.3, -0.25) is 9.59 Å². The van der Waals surface area contributed by atoms with Gasteiger partial charge in [0.25, 0.3) is 5.91 Å². The first-order valence-corrected chi connectivity index (χ1v) is 7.95. The maximum atomic E-state index is 13.1. The molecule has 2 amide bonds. The van der Waals surface area contributed by atoms with Crippen molar-refractivity contribution in [3.05, 3.63) is 65.5 Å². The molecule has 122 valence electrons. The Bertz CT molecular complexity index is 834. The third-order valence-corrected chi connectivity index (χ3v) is 5.14. The minimum Gasteiger partial charge on any atom is -0.337 e. The van der Waals surface area contributed by atoms with Crippen molar-refractivity contribution in [1.29, 1.82) is 0 Å². The van der Waals surface area contributed by atoms with Gasteiger partial charge in [0, 0.05) is 31.4 Å². The van der Waals surface area contributed by atoms with E-state index in [9.17, 15) is 14.0 Å². The molecule has 2 aromatic rings. The van der Waals surface area contributed by atoms with Crippen molar-refractivity contribution in [2.75, 3.05) is 25.0 Å². The molecule has 1 fully saturated rings. The van der Waals surface area contributed by atoms with E-state index in [1.54, 1.807) is 16.8 Å². The number of likely N-dealkylation sites (tertiary alicyclic amines) is 1. The zero-order valence-corrected chi connectivity index (χ0v) is 13.3. The lowest BCUT2D eigenvalue weighted by molar-refractivity contribution is -0.122. The highest BCUT2D eigenvalue weighted by Gasteiger charge is 2.54. The average Bonchev–Trinajstić information content (AvgIpc) is 3.14. The van der Waals surface area contributed by atoms with E-state index in [0.29, 0.717) is 25.1 Å². The molecule has 1 atom stereocenters. The quantitative estimate of drug-likeness (QED) is 0.809. The zero-order chi connectivity index (χ0) is 16.9. The number of rotatable bonds is 1. The first-order valence-electron chi connectivity index (χ1n) is 7.95. The molecule has 2 aliphatic heterocycles. The van der Waals surface area contributed by atoms with E-state index in [2.05, 4.69) is 0 Å². The highest BCUT2D eigenvalue weighted by Crippen LogP contribution is 2.46. The molecule has 0 saturated carbocycles. The Morgan fingerprint density at radius 2 is 1.83 bits per heavy atom. The first-order chi connectivity index (χ1) is 11.5. The van der Waals surface area contributed by atoms with Crippen molar-refractivity contribution >= 4 is 17.5 Å². The molecule has 0 aliphatic carbocycles. The number of halogens is 1. The number of para-hydroxylation sites is 1. The van der Waals surface area contributed by atoms with Crippen LogP contribution in [0, 0.1) is 5.82 Å². The monoisotopic (exact) mass is 324 g/mol. The van der Waals surface area contributed by atoms with Crippen LogP contribution in [-0.4, -0.2) is 36.9 Å². The Labute approximate surface area is 139 Å². The van der Waals surface area contributed by atoms with Crippen molar-refractivity contribution in [2.24, 2.45) is 0 Å². The van der Waals surface area contributed by atoms with Crippen LogP contribution in [-0.2, 0) is 10.2 Å². The number of carbonyl (C=O) groups is 2. The van der Waals surface area contributed by atoms with Crippen LogP contribution in [0.2, 0.25) is 0 Å². The summed E-state index contributed by atoms with van der Waals surface area (Å²) in [7, 11) is 1.78. The third kappa shape index (κ3) is 1.97. The molecule has 4 rings (SSSR count). The Hall–Kier alpha value is -2.69. The van der Waals surface area contributed by atoms with E-state index in [1.807, 2.05) is 24.3 Å². The normalized spacial score (nSPS) is 22.3. The maximum absolute atomic E-state index is 13.1. The van der Waals surface area contributed by atoms with Crippen LogP contribution < -0.4 is 4.90 Å². The van der Waals surface area contributed by atoms with E-state index < -0.39 is 5.41 Å². The number of carbonyl (C=O) groups excluding carboxylic acids is 2. The minimum atomic E-state index is -0.652. The number of likely N-dealkylation sites (N-methyl/N-ethyl adjacent to an activating group) is 1. The van der Waals surface area contributed by atoms with Gasteiger partial charge in [0.2, 0.25) is 5.91 Å². The van der Waals surface area contributed by atoms with E-state index >= 15 is 0 Å². The van der Waals surface area contributed by atoms with Gasteiger partial charge in [0.1, 0.15) is 5.82 Å². The molecule has 1 spiro atoms. The van der Waals surface area contributed by atoms with Crippen LogP contribution in [0.5, 0.6) is 0 Å². The highest BCUT2D eigenvalue weighted by atomic mass is 19.1. The number of hydrogen-bond acceptors (Lipinski definition) is 2. The fourth-order valence-corrected chi connectivity index (χ4v) is 3.87. The summed E-state index contributed by atoms with van der Waals surface area (Å²) >= 11 is 0. The lowest BCUT2D eigenvalue weighted by Gasteiger charge is -2.23. The van der Waals surface area contributed by atoms with Crippen LogP contribution in [0.25, 0.3) is 0 Å². The molecular formula is C19H17FN2O2. The largest absolute Gasteiger partial charge is 0.337 e. The summed E-state index contributed by atoms with van der Waals surface area (Å²) in [5, 5.41) is 0. The lowest BCUT2D eigenvalue weighted by Crippen LogP contribution is -2.42. The van der Waals surface area contributed by atoms with Crippen LogP contribution in [0.4, 0.5) is 10.1 Å². The summed E-state index contributed by atoms with van der Waals surface area (Å²) in [6, 6.07) is 13.3. The standard InChI is InChI=1S/C19H17FN2O2/c1-21-16-5-3-2-4-15(16)19(18(21)24)10-11-22(12-19)17(23)13-6-8-14(20)9-7-13/h2-9H,10-12H2,1H3/t19-/m0/s1. The summed E-state index contributed by atoms with van der Waals surface area (Å²) < 4.78 is 13.1. The fraction of sp³-hybridized carbons (Fsp3) is 0.263. The Morgan fingerprint density at radius 3 is 2.58 bits per heavy atom. The summed E-state index contributed by atoms with van der Waals surface area (Å²) in [6.45, 7) is 0.882. The van der Waals surface area contributed by atoms with Crippen LogP contribution in [0.15, 0.2) is 48.5 Å². The Balaban J connectivity index is 1.66. The number of amides is 2. The number of hydrogen-bond donors (Lipinski definition) is 0. The molecule has 24 heavy (non-hydrogen) atoms. The number of anilines is 1. The number of fused-ring (bicyclic) bond motifs is 2. The second kappa shape index (κ2) is 5.16. The molecule has 5 heteroatoms. The molecule has 2 aromatic carbocycles. The minimum absolute atomic E-state index is 0.0399. The van der Waals surface area contributed by atoms with Crippen molar-refractivity contribution in [2.45, 2.75) is 11.8 Å². The fourth-order valence-electron chi connectivity index (χ4n) is 3.87. The molecule has 0 radical (unpaired) electrons. The van der Waals surface area contributed by atoms with Gasteiger partial charge in [-0.05, 0) is 42.3 Å². The van der Waals surface area contributed by atoms with Gasteiger partial charge in [-0.25, -0.2) is 4.39 Å². The zero-order valence-electron chi connectivity index (χ0n) is 13.3. The van der Waals surface area contributed by atoms with E-state index in [-0.39, 0.29) is 17.6 Å². The summed E-state index contributed by atoms with van der Waals surface area (Å²) in [6.07, 6.45) is 0.611. The maximum Gasteiger partial charge on any atom is 0.253 e. The SMILES string of the molecule is CN1C(=O)[C@]2(CCN(C(=O)c3ccc(F)cc3)C2)c2ccccc21. The van der Waals surface area contributed by atoms with Gasteiger partial charge in [-0.15, -0.1) is 0 Å². The topological polar surface area (TPSA) is 40.6 Å². The average molecular weight is 324 g/mol. The summed E-state index contributed by atoms with van der Waals surface area (Å²) in [5.74, 6) is -0.490. The smallest absolute Gasteiger partial charge is 0.253 e. The molecule has 0 unspecified atom stereocenters. The van der Waals surface area contributed by atoms with E-state index in [4.69, 9.17) is 0 Å². The van der Waals surface area contributed by atoms with Gasteiger partial charge >= 0.3 is 0 Å². The van der Waals surface area contributed by atoms with Crippen molar-refractivity contribution in [3.63, 3.8) is 0 Å². The Morgan fingerprint density at radius 1 is 1.12 bits per heavy atom. The van der Waals surface area contributed by atoms with Crippen molar-refractivity contribution in [1.82, 2.24) is 4.90 Å². The molecule has 1 saturated heterocycles. The van der Waals surface area contributed by atoms with Crippen LogP contribution >= 0.6 is 0 Å². The molecule has 2 aliphatic rings. The first kappa shape index (κ1) is 14.9. The predicted molar refractivity (Wildman–Crippen MR) is 88.5 cm³/mol. The number of nitrogens with zero attached hydrogens (tertiary/aromatic N) is 2. The second-order valence-corrected chi connectivity index (χ2v) is 6.45. The van der Waals surface area contributed by atoms with Gasteiger partial charge in [-0.1, -0.05) is 18.2 Å². The lowest BCUT2D eigenvalue weighted by atomic mass is 9.81. The van der Waals surface area contributed by atoms with Crippen molar-refractivity contribution < 1.29 is 14.0 Å². The number of benzene rings is 2. The van der Waals surface area contributed by atoms with E-state index in [0.717, 1.165) is 11.3 Å². The molecule has 2 heterocycles. The van der Waals surface area contributed by atoms with Crippen molar-refractivity contribution in [3.8, 4) is 0 Å². The van der Waals surface area contributed by atoms with Gasteiger partial charge in [0.15, 0.2) is 0 Å². The molecule has 0 aromatic heterocycles. The van der Waals surface area contributed by atoms with Crippen LogP contribution in [0.3, 0.4) is 0 Å². The molecule has 0 bridgehead atoms. The predicted octanol–water partition coefficient (Wildman–Crippen LogP) is 2.59.